The lowest BCUT2D eigenvalue weighted by molar-refractivity contribution is 0.0300. The van der Waals surface area contributed by atoms with Crippen LogP contribution in [0.4, 0.5) is 0 Å². The van der Waals surface area contributed by atoms with Gasteiger partial charge in [-0.2, -0.15) is 0 Å². The molecule has 1 aliphatic rings. The third-order valence-electron chi connectivity index (χ3n) is 4.56. The lowest BCUT2D eigenvalue weighted by Crippen LogP contribution is -2.40. The number of carbonyl (C=O) groups is 1. The van der Waals surface area contributed by atoms with Crippen LogP contribution in [0.3, 0.4) is 0 Å². The monoisotopic (exact) mass is 404 g/mol. The molecule has 0 radical (unpaired) electrons. The molecule has 2 aromatic rings. The van der Waals surface area contributed by atoms with Gasteiger partial charge in [-0.25, -0.2) is 13.1 Å². The van der Waals surface area contributed by atoms with Gasteiger partial charge in [0.25, 0.3) is 5.91 Å². The van der Waals surface area contributed by atoms with Gasteiger partial charge in [0.1, 0.15) is 5.75 Å². The van der Waals surface area contributed by atoms with Crippen LogP contribution in [-0.4, -0.2) is 52.6 Å². The van der Waals surface area contributed by atoms with E-state index in [0.717, 1.165) is 11.1 Å². The van der Waals surface area contributed by atoms with Gasteiger partial charge in [0.05, 0.1) is 30.8 Å². The van der Waals surface area contributed by atoms with Gasteiger partial charge in [-0.05, 0) is 30.7 Å². The van der Waals surface area contributed by atoms with Gasteiger partial charge in [-0.1, -0.05) is 29.8 Å². The third-order valence-corrected chi connectivity index (χ3v) is 5.96. The molecule has 8 heteroatoms. The average molecular weight is 404 g/mol. The van der Waals surface area contributed by atoms with E-state index in [1.807, 2.05) is 31.2 Å². The maximum Gasteiger partial charge on any atom is 0.257 e. The Morgan fingerprint density at radius 2 is 1.93 bits per heavy atom. The molecule has 7 nitrogen and oxygen atoms in total. The van der Waals surface area contributed by atoms with Crippen molar-refractivity contribution < 1.29 is 22.7 Å². The summed E-state index contributed by atoms with van der Waals surface area (Å²) in [6.45, 7) is 3.97. The maximum absolute atomic E-state index is 12.9. The Labute approximate surface area is 165 Å². The summed E-state index contributed by atoms with van der Waals surface area (Å²) >= 11 is 0. The number of morpholine rings is 1. The Balaban J connectivity index is 1.83. The van der Waals surface area contributed by atoms with Gasteiger partial charge in [0, 0.05) is 19.6 Å². The number of nitrogens with zero attached hydrogens (tertiary/aromatic N) is 1. The number of methoxy groups -OCH3 is 1. The fourth-order valence-corrected chi connectivity index (χ4v) is 4.09. The van der Waals surface area contributed by atoms with Crippen molar-refractivity contribution in [3.05, 3.63) is 59.2 Å². The molecule has 0 saturated carbocycles. The van der Waals surface area contributed by atoms with Crippen LogP contribution in [0.15, 0.2) is 47.4 Å². The molecular weight excluding hydrogens is 380 g/mol. The van der Waals surface area contributed by atoms with Gasteiger partial charge in [-0.3, -0.25) is 4.79 Å². The molecule has 1 heterocycles. The normalized spacial score (nSPS) is 14.7. The van der Waals surface area contributed by atoms with E-state index in [9.17, 15) is 13.2 Å². The Morgan fingerprint density at radius 3 is 2.61 bits per heavy atom. The maximum atomic E-state index is 12.9. The van der Waals surface area contributed by atoms with E-state index < -0.39 is 10.0 Å². The number of ether oxygens (including phenoxy) is 2. The number of carbonyl (C=O) groups excluding carboxylic acids is 1. The molecule has 1 N–H and O–H groups in total. The summed E-state index contributed by atoms with van der Waals surface area (Å²) in [7, 11) is -2.33. The zero-order chi connectivity index (χ0) is 20.1. The zero-order valence-corrected chi connectivity index (χ0v) is 16.8. The highest BCUT2D eigenvalue weighted by Crippen LogP contribution is 2.24. The largest absolute Gasteiger partial charge is 0.496 e. The van der Waals surface area contributed by atoms with Gasteiger partial charge in [0.15, 0.2) is 0 Å². The summed E-state index contributed by atoms with van der Waals surface area (Å²) in [5.74, 6) is 0.0741. The van der Waals surface area contributed by atoms with Crippen molar-refractivity contribution >= 4 is 15.9 Å². The van der Waals surface area contributed by atoms with Crippen LogP contribution in [-0.2, 0) is 21.3 Å². The number of hydrogen-bond acceptors (Lipinski definition) is 5. The molecule has 2 aromatic carbocycles. The SMILES string of the molecule is COc1ccc(S(=O)(=O)NCc2cccc(C)c2)cc1C(=O)N1CCOCC1. The summed E-state index contributed by atoms with van der Waals surface area (Å²) in [6, 6.07) is 11.9. The molecule has 0 aliphatic carbocycles. The second kappa shape index (κ2) is 8.72. The molecule has 0 spiro atoms. The van der Waals surface area contributed by atoms with Crippen molar-refractivity contribution in [1.82, 2.24) is 9.62 Å². The van der Waals surface area contributed by atoms with Crippen molar-refractivity contribution in [2.45, 2.75) is 18.4 Å². The van der Waals surface area contributed by atoms with Crippen LogP contribution in [0.2, 0.25) is 0 Å². The number of aryl methyl sites for hydroxylation is 1. The smallest absolute Gasteiger partial charge is 0.257 e. The van der Waals surface area contributed by atoms with Gasteiger partial charge in [-0.15, -0.1) is 0 Å². The number of hydrogen-bond donors (Lipinski definition) is 1. The Hall–Kier alpha value is -2.42. The number of rotatable bonds is 6. The Bertz CT molecular complexity index is 953. The predicted octanol–water partition coefficient (Wildman–Crippen LogP) is 1.95. The molecule has 1 saturated heterocycles. The van der Waals surface area contributed by atoms with Crippen LogP contribution >= 0.6 is 0 Å². The fourth-order valence-electron chi connectivity index (χ4n) is 3.04. The first kappa shape index (κ1) is 20.3. The van der Waals surface area contributed by atoms with Crippen LogP contribution in [0, 0.1) is 6.92 Å². The van der Waals surface area contributed by atoms with Gasteiger partial charge >= 0.3 is 0 Å². The molecule has 28 heavy (non-hydrogen) atoms. The molecule has 3 rings (SSSR count). The Morgan fingerprint density at radius 1 is 1.18 bits per heavy atom. The molecule has 150 valence electrons. The molecule has 0 unspecified atom stereocenters. The number of sulfonamides is 1. The highest BCUT2D eigenvalue weighted by Gasteiger charge is 2.24. The van der Waals surface area contributed by atoms with Crippen LogP contribution in [0.25, 0.3) is 0 Å². The van der Waals surface area contributed by atoms with Crippen molar-refractivity contribution in [3.8, 4) is 5.75 Å². The molecule has 1 aliphatic heterocycles. The van der Waals surface area contributed by atoms with Crippen LogP contribution < -0.4 is 9.46 Å². The average Bonchev–Trinajstić information content (AvgIpc) is 2.72. The second-order valence-corrected chi connectivity index (χ2v) is 8.35. The minimum absolute atomic E-state index is 0.0255. The summed E-state index contributed by atoms with van der Waals surface area (Å²) in [5.41, 5.74) is 2.14. The number of benzene rings is 2. The fraction of sp³-hybridized carbons (Fsp3) is 0.350. The van der Waals surface area contributed by atoms with E-state index in [0.29, 0.717) is 32.1 Å². The summed E-state index contributed by atoms with van der Waals surface area (Å²) in [6.07, 6.45) is 0. The lowest BCUT2D eigenvalue weighted by atomic mass is 10.1. The topological polar surface area (TPSA) is 84.9 Å². The minimum atomic E-state index is -3.78. The summed E-state index contributed by atoms with van der Waals surface area (Å²) in [4.78, 5) is 14.5. The first-order chi connectivity index (χ1) is 13.4. The number of amides is 1. The molecule has 0 aromatic heterocycles. The second-order valence-electron chi connectivity index (χ2n) is 6.58. The Kier molecular flexibility index (Phi) is 6.33. The van der Waals surface area contributed by atoms with Crippen molar-refractivity contribution in [3.63, 3.8) is 0 Å². The predicted molar refractivity (Wildman–Crippen MR) is 105 cm³/mol. The van der Waals surface area contributed by atoms with Crippen molar-refractivity contribution in [2.75, 3.05) is 33.4 Å². The van der Waals surface area contributed by atoms with E-state index in [-0.39, 0.29) is 22.9 Å². The van der Waals surface area contributed by atoms with Crippen LogP contribution in [0.5, 0.6) is 5.75 Å². The van der Waals surface area contributed by atoms with E-state index in [1.165, 1.54) is 25.3 Å². The molecule has 1 fully saturated rings. The highest BCUT2D eigenvalue weighted by molar-refractivity contribution is 7.89. The first-order valence-corrected chi connectivity index (χ1v) is 10.5. The van der Waals surface area contributed by atoms with E-state index >= 15 is 0 Å². The lowest BCUT2D eigenvalue weighted by Gasteiger charge is -2.27. The van der Waals surface area contributed by atoms with Crippen LogP contribution in [0.1, 0.15) is 21.5 Å². The molecular formula is C20H24N2O5S. The molecule has 1 amide bonds. The van der Waals surface area contributed by atoms with Crippen molar-refractivity contribution in [1.29, 1.82) is 0 Å². The van der Waals surface area contributed by atoms with Gasteiger partial charge < -0.3 is 14.4 Å². The van der Waals surface area contributed by atoms with Crippen molar-refractivity contribution in [2.24, 2.45) is 0 Å². The summed E-state index contributed by atoms with van der Waals surface area (Å²) < 4.78 is 38.6. The third kappa shape index (κ3) is 4.70. The minimum Gasteiger partial charge on any atom is -0.496 e. The van der Waals surface area contributed by atoms with E-state index in [2.05, 4.69) is 4.72 Å². The summed E-state index contributed by atoms with van der Waals surface area (Å²) in [5, 5.41) is 0. The quantitative estimate of drug-likeness (QED) is 0.796. The van der Waals surface area contributed by atoms with Gasteiger partial charge in [0.2, 0.25) is 10.0 Å². The molecule has 0 atom stereocenters. The van der Waals surface area contributed by atoms with E-state index in [4.69, 9.17) is 9.47 Å². The highest BCUT2D eigenvalue weighted by atomic mass is 32.2. The number of nitrogens with one attached hydrogen (secondary N) is 1. The molecule has 0 bridgehead atoms. The zero-order valence-electron chi connectivity index (χ0n) is 16.0. The first-order valence-electron chi connectivity index (χ1n) is 9.01. The standard InChI is InChI=1S/C20H24N2O5S/c1-15-4-3-5-16(12-15)14-21-28(24,25)17-6-7-19(26-2)18(13-17)20(23)22-8-10-27-11-9-22/h3-7,12-13,21H,8-11,14H2,1-2H3. The van der Waals surface area contributed by atoms with E-state index in [1.54, 1.807) is 4.90 Å².